The first-order chi connectivity index (χ1) is 30.5. The highest BCUT2D eigenvalue weighted by Gasteiger charge is 2.24. The molecule has 3 atom stereocenters. The third kappa shape index (κ3) is 49.2. The van der Waals surface area contributed by atoms with E-state index < -0.39 is 20.0 Å². The molecular formula is C54H111N2O6P. The molecule has 1 amide bonds. The van der Waals surface area contributed by atoms with Gasteiger partial charge in [0.2, 0.25) is 5.91 Å². The summed E-state index contributed by atoms with van der Waals surface area (Å²) in [4.78, 5) is 25.4. The summed E-state index contributed by atoms with van der Waals surface area (Å²) < 4.78 is 23.3. The molecule has 0 fully saturated rings. The molecule has 0 aliphatic heterocycles. The van der Waals surface area contributed by atoms with Gasteiger partial charge in [-0.05, 0) is 12.8 Å². The average Bonchev–Trinajstić information content (AvgIpc) is 3.24. The number of rotatable bonds is 52. The molecule has 0 rings (SSSR count). The number of phosphoric acid groups is 1. The molecule has 0 bridgehead atoms. The minimum Gasteiger partial charge on any atom is -0.756 e. The van der Waals surface area contributed by atoms with Crippen molar-refractivity contribution in [3.8, 4) is 0 Å². The number of amides is 1. The van der Waals surface area contributed by atoms with Crippen LogP contribution < -0.4 is 10.2 Å². The van der Waals surface area contributed by atoms with Crippen LogP contribution in [0.5, 0.6) is 0 Å². The van der Waals surface area contributed by atoms with Gasteiger partial charge in [0, 0.05) is 6.42 Å². The molecule has 0 aromatic carbocycles. The number of nitrogens with one attached hydrogen (secondary N) is 1. The van der Waals surface area contributed by atoms with Crippen LogP contribution in [0.1, 0.15) is 290 Å². The Kier molecular flexibility index (Phi) is 46.2. The van der Waals surface area contributed by atoms with Gasteiger partial charge < -0.3 is 28.8 Å². The van der Waals surface area contributed by atoms with Gasteiger partial charge in [-0.1, -0.05) is 271 Å². The number of unbranched alkanes of at least 4 members (excludes halogenated alkanes) is 39. The molecule has 0 aliphatic rings. The summed E-state index contributed by atoms with van der Waals surface area (Å²) in [5, 5.41) is 13.9. The van der Waals surface area contributed by atoms with Crippen LogP contribution in [0.15, 0.2) is 0 Å². The molecule has 0 heterocycles. The van der Waals surface area contributed by atoms with Crippen molar-refractivity contribution in [3.63, 3.8) is 0 Å². The van der Waals surface area contributed by atoms with Crippen LogP contribution in [-0.4, -0.2) is 68.5 Å². The molecular weight excluding hydrogens is 804 g/mol. The zero-order valence-corrected chi connectivity index (χ0v) is 44.0. The maximum Gasteiger partial charge on any atom is 0.268 e. The third-order valence-electron chi connectivity index (χ3n) is 13.1. The molecule has 63 heavy (non-hydrogen) atoms. The van der Waals surface area contributed by atoms with Gasteiger partial charge in [-0.25, -0.2) is 0 Å². The van der Waals surface area contributed by atoms with Gasteiger partial charge >= 0.3 is 0 Å². The fourth-order valence-electron chi connectivity index (χ4n) is 8.69. The Morgan fingerprint density at radius 3 is 1.08 bits per heavy atom. The minimum atomic E-state index is -4.56. The number of aliphatic hydroxyl groups excluding tert-OH is 1. The molecule has 378 valence electrons. The Balaban J connectivity index is 3.85. The predicted octanol–water partition coefficient (Wildman–Crippen LogP) is 15.9. The molecule has 0 aromatic heterocycles. The van der Waals surface area contributed by atoms with Crippen LogP contribution in [0, 0.1) is 0 Å². The van der Waals surface area contributed by atoms with Crippen LogP contribution >= 0.6 is 7.82 Å². The van der Waals surface area contributed by atoms with Crippen LogP contribution in [-0.2, 0) is 18.4 Å². The number of quaternary nitrogens is 1. The van der Waals surface area contributed by atoms with E-state index in [4.69, 9.17) is 9.05 Å². The molecule has 0 saturated carbocycles. The number of carbonyl (C=O) groups excluding carboxylic acids is 1. The van der Waals surface area contributed by atoms with E-state index in [9.17, 15) is 19.4 Å². The van der Waals surface area contributed by atoms with Crippen molar-refractivity contribution < 1.29 is 32.9 Å². The lowest BCUT2D eigenvalue weighted by Gasteiger charge is -2.30. The smallest absolute Gasteiger partial charge is 0.268 e. The summed E-state index contributed by atoms with van der Waals surface area (Å²) in [6.07, 6.45) is 54.5. The summed E-state index contributed by atoms with van der Waals surface area (Å²) in [6, 6.07) is -0.792. The van der Waals surface area contributed by atoms with Crippen LogP contribution in [0.2, 0.25) is 0 Å². The Bertz CT molecular complexity index is 994. The summed E-state index contributed by atoms with van der Waals surface area (Å²) in [7, 11) is 1.32. The zero-order chi connectivity index (χ0) is 46.4. The molecule has 2 N–H and O–H groups in total. The Morgan fingerprint density at radius 2 is 0.778 bits per heavy atom. The normalized spacial score (nSPS) is 14.0. The highest BCUT2D eigenvalue weighted by molar-refractivity contribution is 7.45. The van der Waals surface area contributed by atoms with Gasteiger partial charge in [0.05, 0.1) is 39.9 Å². The van der Waals surface area contributed by atoms with Gasteiger partial charge in [-0.3, -0.25) is 9.36 Å². The topological polar surface area (TPSA) is 108 Å². The van der Waals surface area contributed by atoms with Crippen molar-refractivity contribution >= 4 is 13.7 Å². The molecule has 0 aliphatic carbocycles. The first-order valence-corrected chi connectivity index (χ1v) is 29.3. The lowest BCUT2D eigenvalue weighted by atomic mass is 10.0. The van der Waals surface area contributed by atoms with E-state index in [1.165, 1.54) is 225 Å². The Morgan fingerprint density at radius 1 is 0.492 bits per heavy atom. The summed E-state index contributed by atoms with van der Waals surface area (Å²) in [5.41, 5.74) is 0. The fourth-order valence-corrected chi connectivity index (χ4v) is 9.41. The lowest BCUT2D eigenvalue weighted by molar-refractivity contribution is -0.870. The second-order valence-corrected chi connectivity index (χ2v) is 22.1. The van der Waals surface area contributed by atoms with Crippen LogP contribution in [0.25, 0.3) is 0 Å². The highest BCUT2D eigenvalue weighted by Crippen LogP contribution is 2.38. The summed E-state index contributed by atoms with van der Waals surface area (Å²) >= 11 is 0. The van der Waals surface area contributed by atoms with Crippen molar-refractivity contribution in [1.29, 1.82) is 0 Å². The maximum absolute atomic E-state index is 12.9. The van der Waals surface area contributed by atoms with E-state index in [2.05, 4.69) is 19.2 Å². The summed E-state index contributed by atoms with van der Waals surface area (Å²) in [5.74, 6) is -0.160. The third-order valence-corrected chi connectivity index (χ3v) is 14.1. The highest BCUT2D eigenvalue weighted by atomic mass is 31.2. The van der Waals surface area contributed by atoms with Gasteiger partial charge in [0.15, 0.2) is 0 Å². The van der Waals surface area contributed by atoms with E-state index in [0.29, 0.717) is 23.9 Å². The average molecular weight is 915 g/mol. The van der Waals surface area contributed by atoms with Crippen molar-refractivity contribution in [1.82, 2.24) is 5.32 Å². The van der Waals surface area contributed by atoms with E-state index in [1.807, 2.05) is 21.1 Å². The number of aliphatic hydroxyl groups is 1. The number of likely N-dealkylation sites (N-methyl/N-ethyl adjacent to an activating group) is 1. The molecule has 0 radical (unpaired) electrons. The Labute approximate surface area is 393 Å². The number of nitrogens with zero attached hydrogens (tertiary/aromatic N) is 1. The van der Waals surface area contributed by atoms with Crippen LogP contribution in [0.4, 0.5) is 0 Å². The fraction of sp³-hybridized carbons (Fsp3) is 0.981. The zero-order valence-electron chi connectivity index (χ0n) is 43.1. The standard InChI is InChI=1S/C54H111N2O6P/c1-6-8-10-12-14-16-17-18-19-20-21-22-23-24-25-26-27-28-29-30-31-32-33-34-35-36-37-38-40-42-44-46-48-54(58)55-52(51-62-63(59,60)61-50-49-56(3,4)5)53(57)47-45-43-41-39-15-13-11-9-7-2/h52-53,57H,6-51H2,1-5H3,(H-,55,58,59,60). The lowest BCUT2D eigenvalue weighted by Crippen LogP contribution is -2.46. The maximum atomic E-state index is 12.9. The minimum absolute atomic E-state index is 0.0159. The second kappa shape index (κ2) is 46.6. The number of hydrogen-bond donors (Lipinski definition) is 2. The molecule has 9 heteroatoms. The molecule has 3 unspecified atom stereocenters. The number of hydrogen-bond acceptors (Lipinski definition) is 6. The van der Waals surface area contributed by atoms with Gasteiger partial charge in [0.25, 0.3) is 7.82 Å². The van der Waals surface area contributed by atoms with Crippen molar-refractivity contribution in [2.45, 2.75) is 302 Å². The van der Waals surface area contributed by atoms with Gasteiger partial charge in [0.1, 0.15) is 13.2 Å². The largest absolute Gasteiger partial charge is 0.756 e. The second-order valence-electron chi connectivity index (χ2n) is 20.7. The summed E-state index contributed by atoms with van der Waals surface area (Å²) in [6.45, 7) is 4.73. The van der Waals surface area contributed by atoms with E-state index in [1.54, 1.807) is 0 Å². The van der Waals surface area contributed by atoms with Crippen molar-refractivity contribution in [3.05, 3.63) is 0 Å². The van der Waals surface area contributed by atoms with E-state index >= 15 is 0 Å². The van der Waals surface area contributed by atoms with E-state index in [0.717, 1.165) is 38.5 Å². The molecule has 0 aromatic rings. The molecule has 0 spiro atoms. The van der Waals surface area contributed by atoms with Gasteiger partial charge in [-0.15, -0.1) is 0 Å². The first kappa shape index (κ1) is 62.5. The predicted molar refractivity (Wildman–Crippen MR) is 270 cm³/mol. The first-order valence-electron chi connectivity index (χ1n) is 27.9. The van der Waals surface area contributed by atoms with Crippen molar-refractivity contribution in [2.75, 3.05) is 40.9 Å². The van der Waals surface area contributed by atoms with Crippen molar-refractivity contribution in [2.24, 2.45) is 0 Å². The molecule has 0 saturated heterocycles. The monoisotopic (exact) mass is 915 g/mol. The molecule has 8 nitrogen and oxygen atoms in total. The van der Waals surface area contributed by atoms with E-state index in [-0.39, 0.29) is 19.1 Å². The Hall–Kier alpha value is -0.500. The number of phosphoric ester groups is 1. The quantitative estimate of drug-likeness (QED) is 0.0357. The number of carbonyl (C=O) groups is 1. The SMILES string of the molecule is CCCCCCCCCCCCCCCCCCCCCCCCCCCCCCCCCCC(=O)NC(COP(=O)([O-])OCC[N+](C)(C)C)C(O)CCCCCCCCCCC. The van der Waals surface area contributed by atoms with Gasteiger partial charge in [-0.2, -0.15) is 0 Å². The van der Waals surface area contributed by atoms with Crippen LogP contribution in [0.3, 0.4) is 0 Å².